The summed E-state index contributed by atoms with van der Waals surface area (Å²) in [4.78, 5) is 24.0. The molecule has 3 saturated heterocycles. The zero-order chi connectivity index (χ0) is 16.2. The molecule has 2 N–H and O–H groups in total. The van der Waals surface area contributed by atoms with Crippen molar-refractivity contribution >= 4 is 11.8 Å². The van der Waals surface area contributed by atoms with Gasteiger partial charge in [-0.2, -0.15) is 0 Å². The highest BCUT2D eigenvalue weighted by Crippen LogP contribution is 2.36. The topological polar surface area (TPSA) is 78.9 Å². The van der Waals surface area contributed by atoms with Crippen LogP contribution in [0.4, 0.5) is 0 Å². The van der Waals surface area contributed by atoms with E-state index < -0.39 is 0 Å². The molecule has 1 aromatic rings. The van der Waals surface area contributed by atoms with Crippen LogP contribution in [0.2, 0.25) is 0 Å². The Hall–Kier alpha value is -1.92. The summed E-state index contributed by atoms with van der Waals surface area (Å²) in [6, 6.07) is 10.3. The summed E-state index contributed by atoms with van der Waals surface area (Å²) in [5.41, 5.74) is 1.08. The number of fused-ring (bicyclic) bond motifs is 1. The van der Waals surface area contributed by atoms with Crippen molar-refractivity contribution in [3.05, 3.63) is 35.9 Å². The quantitative estimate of drug-likeness (QED) is 0.851. The smallest absolute Gasteiger partial charge is 0.225 e. The Morgan fingerprint density at radius 1 is 1.17 bits per heavy atom. The summed E-state index contributed by atoms with van der Waals surface area (Å²) in [7, 11) is 0. The van der Waals surface area contributed by atoms with Gasteiger partial charge in [0.1, 0.15) is 0 Å². The van der Waals surface area contributed by atoms with Crippen LogP contribution in [0, 0.1) is 0 Å². The van der Waals surface area contributed by atoms with Crippen LogP contribution in [-0.2, 0) is 14.3 Å². The summed E-state index contributed by atoms with van der Waals surface area (Å²) < 4.78 is 5.68. The molecule has 0 bridgehead atoms. The zero-order valence-corrected chi connectivity index (χ0v) is 13.0. The number of nitrogens with one attached hydrogen (secondary N) is 1. The largest absolute Gasteiger partial charge is 0.394 e. The maximum atomic E-state index is 11.7. The van der Waals surface area contributed by atoms with Crippen LogP contribution in [0.3, 0.4) is 0 Å². The van der Waals surface area contributed by atoms with E-state index in [4.69, 9.17) is 9.84 Å². The molecule has 0 saturated carbocycles. The van der Waals surface area contributed by atoms with Gasteiger partial charge in [0.15, 0.2) is 6.23 Å². The first-order valence-corrected chi connectivity index (χ1v) is 8.07. The third-order valence-electron chi connectivity index (χ3n) is 4.46. The Balaban J connectivity index is 0.000000166. The third-order valence-corrected chi connectivity index (χ3v) is 4.46. The van der Waals surface area contributed by atoms with Gasteiger partial charge >= 0.3 is 0 Å². The van der Waals surface area contributed by atoms with Crippen LogP contribution in [-0.4, -0.2) is 47.1 Å². The van der Waals surface area contributed by atoms with Gasteiger partial charge in [-0.05, 0) is 12.8 Å². The lowest BCUT2D eigenvalue weighted by Crippen LogP contribution is -2.30. The van der Waals surface area contributed by atoms with E-state index in [1.165, 1.54) is 0 Å². The molecule has 0 spiro atoms. The van der Waals surface area contributed by atoms with Crippen molar-refractivity contribution in [2.75, 3.05) is 13.2 Å². The fraction of sp³-hybridized carbons (Fsp3) is 0.529. The first kappa shape index (κ1) is 16.0. The number of aliphatic hydroxyl groups is 1. The fourth-order valence-corrected chi connectivity index (χ4v) is 3.22. The van der Waals surface area contributed by atoms with Gasteiger partial charge in [-0.3, -0.25) is 9.59 Å². The molecule has 3 aliphatic heterocycles. The van der Waals surface area contributed by atoms with E-state index in [2.05, 4.69) is 5.32 Å². The van der Waals surface area contributed by atoms with Gasteiger partial charge in [-0.15, -0.1) is 0 Å². The number of ether oxygens (including phenoxy) is 1. The highest BCUT2D eigenvalue weighted by atomic mass is 16.5. The molecular weight excluding hydrogens is 296 g/mol. The summed E-state index contributed by atoms with van der Waals surface area (Å²) in [5.74, 6) is 0.287. The number of nitrogens with zero attached hydrogens (tertiary/aromatic N) is 1. The van der Waals surface area contributed by atoms with Crippen LogP contribution in [0.25, 0.3) is 0 Å². The van der Waals surface area contributed by atoms with Gasteiger partial charge in [-0.1, -0.05) is 30.3 Å². The van der Waals surface area contributed by atoms with E-state index in [0.717, 1.165) is 18.4 Å². The molecule has 4 rings (SSSR count). The highest BCUT2D eigenvalue weighted by molar-refractivity contribution is 5.79. The Bertz CT molecular complexity index is 563. The molecule has 3 aliphatic rings. The molecule has 6 nitrogen and oxygen atoms in total. The molecule has 23 heavy (non-hydrogen) atoms. The monoisotopic (exact) mass is 318 g/mol. The van der Waals surface area contributed by atoms with Crippen molar-refractivity contribution in [1.82, 2.24) is 10.2 Å². The van der Waals surface area contributed by atoms with Gasteiger partial charge in [0.2, 0.25) is 11.8 Å². The summed E-state index contributed by atoms with van der Waals surface area (Å²) in [6.45, 7) is 0.761. The second-order valence-electron chi connectivity index (χ2n) is 6.08. The molecule has 124 valence electrons. The number of benzene rings is 1. The van der Waals surface area contributed by atoms with E-state index in [9.17, 15) is 9.59 Å². The Labute approximate surface area is 135 Å². The molecule has 2 amide bonds. The first-order chi connectivity index (χ1) is 11.2. The average molecular weight is 318 g/mol. The van der Waals surface area contributed by atoms with E-state index in [-0.39, 0.29) is 30.7 Å². The molecule has 3 heterocycles. The predicted molar refractivity (Wildman–Crippen MR) is 83.3 cm³/mol. The average Bonchev–Trinajstić information content (AvgIpc) is 3.27. The van der Waals surface area contributed by atoms with Crippen molar-refractivity contribution in [2.24, 2.45) is 0 Å². The van der Waals surface area contributed by atoms with E-state index >= 15 is 0 Å². The second kappa shape index (κ2) is 7.10. The molecule has 3 atom stereocenters. The first-order valence-electron chi connectivity index (χ1n) is 8.07. The molecular formula is C17H22N2O4. The lowest BCUT2D eigenvalue weighted by molar-refractivity contribution is -0.134. The van der Waals surface area contributed by atoms with Crippen molar-refractivity contribution in [3.8, 4) is 0 Å². The molecule has 6 heteroatoms. The molecule has 0 radical (unpaired) electrons. The lowest BCUT2D eigenvalue weighted by atomic mass is 10.2. The van der Waals surface area contributed by atoms with Crippen molar-refractivity contribution in [3.63, 3.8) is 0 Å². The van der Waals surface area contributed by atoms with Crippen LogP contribution >= 0.6 is 0 Å². The minimum Gasteiger partial charge on any atom is -0.394 e. The van der Waals surface area contributed by atoms with Crippen molar-refractivity contribution in [2.45, 2.75) is 44.0 Å². The Kier molecular flexibility index (Phi) is 4.93. The Morgan fingerprint density at radius 2 is 1.96 bits per heavy atom. The van der Waals surface area contributed by atoms with Gasteiger partial charge in [0.25, 0.3) is 0 Å². The molecule has 1 aromatic carbocycles. The fourth-order valence-electron chi connectivity index (χ4n) is 3.22. The predicted octanol–water partition coefficient (Wildman–Crippen LogP) is 0.964. The summed E-state index contributed by atoms with van der Waals surface area (Å²) >= 11 is 0. The van der Waals surface area contributed by atoms with E-state index in [0.29, 0.717) is 25.5 Å². The standard InChI is InChI=1S/C12H13NO2.C5H9NO2/c14-11-7-6-10-8-15-12(13(10)11)9-4-2-1-3-5-9;7-3-4-1-2-5(8)6-4/h1-5,10,12H,6-8H2;4,7H,1-3H2,(H,6,8)/t10-,12+;4-/m00/s1. The molecule has 3 fully saturated rings. The van der Waals surface area contributed by atoms with Crippen LogP contribution in [0.1, 0.15) is 37.5 Å². The lowest BCUT2D eigenvalue weighted by Gasteiger charge is -2.22. The minimum absolute atomic E-state index is 0.0301. The van der Waals surface area contributed by atoms with Crippen LogP contribution in [0.5, 0.6) is 0 Å². The van der Waals surface area contributed by atoms with Gasteiger partial charge in [0.05, 0.1) is 25.3 Å². The van der Waals surface area contributed by atoms with Crippen molar-refractivity contribution < 1.29 is 19.4 Å². The summed E-state index contributed by atoms with van der Waals surface area (Å²) in [5, 5.41) is 11.1. The Morgan fingerprint density at radius 3 is 2.57 bits per heavy atom. The van der Waals surface area contributed by atoms with Gasteiger partial charge in [0, 0.05) is 18.4 Å². The number of carbonyl (C=O) groups excluding carboxylic acids is 2. The van der Waals surface area contributed by atoms with Gasteiger partial charge in [-0.25, -0.2) is 0 Å². The number of rotatable bonds is 2. The van der Waals surface area contributed by atoms with Crippen molar-refractivity contribution in [1.29, 1.82) is 0 Å². The SMILES string of the molecule is O=C1CC[C@@H](CO)N1.O=C1CC[C@H]2CO[C@H](c3ccccc3)N12. The molecule has 0 aromatic heterocycles. The van der Waals surface area contributed by atoms with E-state index in [1.54, 1.807) is 0 Å². The minimum atomic E-state index is -0.147. The number of carbonyl (C=O) groups is 2. The number of hydrogen-bond donors (Lipinski definition) is 2. The zero-order valence-electron chi connectivity index (χ0n) is 13.0. The molecule has 0 unspecified atom stereocenters. The highest BCUT2D eigenvalue weighted by Gasteiger charge is 2.42. The van der Waals surface area contributed by atoms with Gasteiger partial charge < -0.3 is 20.1 Å². The third kappa shape index (κ3) is 3.54. The number of amides is 2. The summed E-state index contributed by atoms with van der Waals surface area (Å²) in [6.07, 6.45) is 2.84. The van der Waals surface area contributed by atoms with Crippen LogP contribution in [0.15, 0.2) is 30.3 Å². The number of aliphatic hydroxyl groups excluding tert-OH is 1. The molecule has 0 aliphatic carbocycles. The second-order valence-corrected chi connectivity index (χ2v) is 6.08. The van der Waals surface area contributed by atoms with Crippen LogP contribution < -0.4 is 5.32 Å². The maximum Gasteiger partial charge on any atom is 0.225 e. The normalized spacial score (nSPS) is 29.1. The van der Waals surface area contributed by atoms with E-state index in [1.807, 2.05) is 35.2 Å². The number of hydrogen-bond acceptors (Lipinski definition) is 4. The maximum absolute atomic E-state index is 11.7.